The van der Waals surface area contributed by atoms with E-state index >= 15 is 0 Å². The van der Waals surface area contributed by atoms with Gasteiger partial charge in [-0.1, -0.05) is 0 Å². The van der Waals surface area contributed by atoms with Crippen LogP contribution in [0.5, 0.6) is 0 Å². The van der Waals surface area contributed by atoms with Gasteiger partial charge in [-0.3, -0.25) is 14.6 Å². The van der Waals surface area contributed by atoms with Crippen LogP contribution in [0, 0.1) is 11.3 Å². The summed E-state index contributed by atoms with van der Waals surface area (Å²) in [5, 5.41) is 9.05. The topological polar surface area (TPSA) is 83.1 Å². The van der Waals surface area contributed by atoms with E-state index in [9.17, 15) is 9.59 Å². The first-order valence-electron chi connectivity index (χ1n) is 7.88. The lowest BCUT2D eigenvalue weighted by Gasteiger charge is -2.23. The number of carbonyl (C=O) groups excluding carboxylic acids is 2. The van der Waals surface area contributed by atoms with E-state index in [1.165, 1.54) is 6.20 Å². The van der Waals surface area contributed by atoms with Crippen LogP contribution in [0.4, 0.5) is 0 Å². The van der Waals surface area contributed by atoms with Gasteiger partial charge in [0.1, 0.15) is 0 Å². The summed E-state index contributed by atoms with van der Waals surface area (Å²) in [5.74, 6) is 0.143. The van der Waals surface area contributed by atoms with Crippen LogP contribution >= 0.6 is 0 Å². The summed E-state index contributed by atoms with van der Waals surface area (Å²) in [6, 6.07) is 3.44. The summed E-state index contributed by atoms with van der Waals surface area (Å²) < 4.78 is 0. The molecule has 1 unspecified atom stereocenters. The van der Waals surface area contributed by atoms with Crippen molar-refractivity contribution in [3.05, 3.63) is 30.1 Å². The summed E-state index contributed by atoms with van der Waals surface area (Å²) in [7, 11) is 0. The number of hydrogen-bond donors (Lipinski definition) is 3. The molecule has 1 atom stereocenters. The van der Waals surface area contributed by atoms with Gasteiger partial charge in [0.25, 0.3) is 5.91 Å². The lowest BCUT2D eigenvalue weighted by atomic mass is 9.92. The molecule has 0 aromatic carbocycles. The molecule has 1 saturated carbocycles. The molecular formula is C16H22N4O2. The van der Waals surface area contributed by atoms with Crippen LogP contribution in [0.2, 0.25) is 0 Å². The Bertz CT molecular complexity index is 540. The summed E-state index contributed by atoms with van der Waals surface area (Å²) in [4.78, 5) is 27.9. The van der Waals surface area contributed by atoms with E-state index in [1.54, 1.807) is 18.3 Å². The molecule has 2 fully saturated rings. The van der Waals surface area contributed by atoms with Crippen LogP contribution in [0.15, 0.2) is 24.5 Å². The highest BCUT2D eigenvalue weighted by Gasteiger charge is 2.57. The molecule has 2 heterocycles. The van der Waals surface area contributed by atoms with Gasteiger partial charge in [-0.05, 0) is 49.9 Å². The quantitative estimate of drug-likeness (QED) is 0.684. The molecule has 0 bridgehead atoms. The smallest absolute Gasteiger partial charge is 0.252 e. The molecule has 0 radical (unpaired) electrons. The molecule has 6 nitrogen and oxygen atoms in total. The molecule has 1 aromatic rings. The lowest BCUT2D eigenvalue weighted by Crippen LogP contribution is -2.37. The van der Waals surface area contributed by atoms with Crippen molar-refractivity contribution in [1.29, 1.82) is 0 Å². The van der Waals surface area contributed by atoms with Crippen LogP contribution in [-0.4, -0.2) is 43.0 Å². The fraction of sp³-hybridized carbons (Fsp3) is 0.562. The molecule has 6 heteroatoms. The number of aromatic nitrogens is 1. The normalized spacial score (nSPS) is 22.1. The number of carbonyl (C=O) groups is 2. The van der Waals surface area contributed by atoms with Crippen LogP contribution in [-0.2, 0) is 4.79 Å². The predicted molar refractivity (Wildman–Crippen MR) is 82.2 cm³/mol. The molecule has 3 rings (SSSR count). The molecule has 1 aliphatic heterocycles. The SMILES string of the molecule is O=C(NCCNC(=O)C1CC12CCNCC2)c1cccnc1. The molecule has 1 aliphatic carbocycles. The number of nitrogens with zero attached hydrogens (tertiary/aromatic N) is 1. The van der Waals surface area contributed by atoms with Gasteiger partial charge in [0.2, 0.25) is 5.91 Å². The third-order valence-corrected chi connectivity index (χ3v) is 4.74. The molecular weight excluding hydrogens is 280 g/mol. The first-order valence-corrected chi connectivity index (χ1v) is 7.88. The van der Waals surface area contributed by atoms with Crippen LogP contribution < -0.4 is 16.0 Å². The number of hydrogen-bond acceptors (Lipinski definition) is 4. The van der Waals surface area contributed by atoms with Gasteiger partial charge in [-0.15, -0.1) is 0 Å². The highest BCUT2D eigenvalue weighted by Crippen LogP contribution is 2.58. The van der Waals surface area contributed by atoms with Crippen LogP contribution in [0.25, 0.3) is 0 Å². The van der Waals surface area contributed by atoms with Crippen LogP contribution in [0.3, 0.4) is 0 Å². The fourth-order valence-electron chi connectivity index (χ4n) is 3.28. The second-order valence-electron chi connectivity index (χ2n) is 6.16. The van der Waals surface area contributed by atoms with Gasteiger partial charge < -0.3 is 16.0 Å². The standard InChI is InChI=1S/C16H22N4O2/c21-14(12-2-1-5-18-11-12)19-8-9-20-15(22)13-10-16(13)3-6-17-7-4-16/h1-2,5,11,13,17H,3-4,6-10H2,(H,19,21)(H,20,22). The van der Waals surface area contributed by atoms with Crippen molar-refractivity contribution in [3.8, 4) is 0 Å². The summed E-state index contributed by atoms with van der Waals surface area (Å²) in [5.41, 5.74) is 0.790. The van der Waals surface area contributed by atoms with Gasteiger partial charge >= 0.3 is 0 Å². The van der Waals surface area contributed by atoms with E-state index in [-0.39, 0.29) is 23.1 Å². The maximum absolute atomic E-state index is 12.1. The van der Waals surface area contributed by atoms with E-state index in [0.717, 1.165) is 32.4 Å². The first-order chi connectivity index (χ1) is 10.7. The van der Waals surface area contributed by atoms with Crippen molar-refractivity contribution in [3.63, 3.8) is 0 Å². The zero-order chi connectivity index (χ0) is 15.4. The van der Waals surface area contributed by atoms with Crippen molar-refractivity contribution in [2.24, 2.45) is 11.3 Å². The van der Waals surface area contributed by atoms with Gasteiger partial charge in [-0.2, -0.15) is 0 Å². The largest absolute Gasteiger partial charge is 0.354 e. The fourth-order valence-corrected chi connectivity index (χ4v) is 3.28. The zero-order valence-electron chi connectivity index (χ0n) is 12.6. The number of pyridine rings is 1. The van der Waals surface area contributed by atoms with E-state index in [1.807, 2.05) is 0 Å². The van der Waals surface area contributed by atoms with E-state index in [2.05, 4.69) is 20.9 Å². The van der Waals surface area contributed by atoms with Crippen molar-refractivity contribution in [2.45, 2.75) is 19.3 Å². The van der Waals surface area contributed by atoms with E-state index in [0.29, 0.717) is 18.7 Å². The Labute approximate surface area is 130 Å². The molecule has 118 valence electrons. The second-order valence-corrected chi connectivity index (χ2v) is 6.16. The third-order valence-electron chi connectivity index (χ3n) is 4.74. The Balaban J connectivity index is 1.35. The molecule has 1 spiro atoms. The number of amides is 2. The third kappa shape index (κ3) is 3.27. The minimum atomic E-state index is -0.163. The molecule has 2 amide bonds. The Morgan fingerprint density at radius 2 is 2.05 bits per heavy atom. The highest BCUT2D eigenvalue weighted by molar-refractivity contribution is 5.93. The number of piperidine rings is 1. The Kier molecular flexibility index (Phi) is 4.38. The predicted octanol–water partition coefficient (Wildman–Crippen LogP) is 0.317. The van der Waals surface area contributed by atoms with Crippen molar-refractivity contribution in [1.82, 2.24) is 20.9 Å². The average Bonchev–Trinajstić information content (AvgIpc) is 3.26. The monoisotopic (exact) mass is 302 g/mol. The van der Waals surface area contributed by atoms with Crippen molar-refractivity contribution < 1.29 is 9.59 Å². The van der Waals surface area contributed by atoms with Crippen molar-refractivity contribution >= 4 is 11.8 Å². The van der Waals surface area contributed by atoms with Gasteiger partial charge in [0.05, 0.1) is 5.56 Å². The van der Waals surface area contributed by atoms with Gasteiger partial charge in [0.15, 0.2) is 0 Å². The molecule has 3 N–H and O–H groups in total. The van der Waals surface area contributed by atoms with E-state index in [4.69, 9.17) is 0 Å². The minimum Gasteiger partial charge on any atom is -0.354 e. The van der Waals surface area contributed by atoms with Gasteiger partial charge in [0, 0.05) is 31.4 Å². The van der Waals surface area contributed by atoms with E-state index < -0.39 is 0 Å². The Hall–Kier alpha value is -1.95. The first kappa shape index (κ1) is 15.0. The highest BCUT2D eigenvalue weighted by atomic mass is 16.2. The summed E-state index contributed by atoms with van der Waals surface area (Å²) in [6.07, 6.45) is 6.37. The summed E-state index contributed by atoms with van der Waals surface area (Å²) >= 11 is 0. The molecule has 2 aliphatic rings. The molecule has 22 heavy (non-hydrogen) atoms. The summed E-state index contributed by atoms with van der Waals surface area (Å²) in [6.45, 7) is 2.94. The lowest BCUT2D eigenvalue weighted by molar-refractivity contribution is -0.123. The van der Waals surface area contributed by atoms with Crippen molar-refractivity contribution in [2.75, 3.05) is 26.2 Å². The van der Waals surface area contributed by atoms with Gasteiger partial charge in [-0.25, -0.2) is 0 Å². The molecule has 1 aromatic heterocycles. The maximum Gasteiger partial charge on any atom is 0.252 e. The minimum absolute atomic E-state index is 0.137. The number of nitrogens with one attached hydrogen (secondary N) is 3. The van der Waals surface area contributed by atoms with Crippen LogP contribution in [0.1, 0.15) is 29.6 Å². The Morgan fingerprint density at radius 3 is 2.77 bits per heavy atom. The Morgan fingerprint density at radius 1 is 1.27 bits per heavy atom. The molecule has 1 saturated heterocycles. The number of rotatable bonds is 5. The second kappa shape index (κ2) is 6.44. The maximum atomic E-state index is 12.1. The zero-order valence-corrected chi connectivity index (χ0v) is 12.6. The average molecular weight is 302 g/mol.